The van der Waals surface area contributed by atoms with Crippen molar-refractivity contribution in [2.45, 2.75) is 30.0 Å². The number of hydrogen-bond donors (Lipinski definition) is 1. The number of carbonyl (C=O) groups excluding carboxylic acids is 1. The molecule has 0 spiro atoms. The number of benzene rings is 2. The Bertz CT molecular complexity index is 1030. The SMILES string of the molecule is Cc1ccc(NC(=O)c2ccc(Sc3nc(C)cs3)c([N+](=O)[O-])c2)c(C)c1. The van der Waals surface area contributed by atoms with E-state index in [0.717, 1.165) is 21.2 Å². The van der Waals surface area contributed by atoms with Crippen molar-refractivity contribution in [2.24, 2.45) is 0 Å². The van der Waals surface area contributed by atoms with Gasteiger partial charge in [0.15, 0.2) is 4.34 Å². The average Bonchev–Trinajstić information content (AvgIpc) is 3.02. The summed E-state index contributed by atoms with van der Waals surface area (Å²) in [5.41, 5.74) is 3.71. The van der Waals surface area contributed by atoms with Crippen LogP contribution in [0.15, 0.2) is 51.0 Å². The topological polar surface area (TPSA) is 85.1 Å². The molecular weight excluding hydrogens is 382 g/mol. The van der Waals surface area contributed by atoms with E-state index in [0.29, 0.717) is 10.6 Å². The van der Waals surface area contributed by atoms with Gasteiger partial charge in [0, 0.05) is 28.4 Å². The van der Waals surface area contributed by atoms with E-state index in [1.165, 1.54) is 29.2 Å². The van der Waals surface area contributed by atoms with Gasteiger partial charge in [-0.3, -0.25) is 14.9 Å². The van der Waals surface area contributed by atoms with Gasteiger partial charge in [0.1, 0.15) is 0 Å². The minimum atomic E-state index is -0.475. The lowest BCUT2D eigenvalue weighted by Crippen LogP contribution is -2.13. The lowest BCUT2D eigenvalue weighted by Gasteiger charge is -2.10. The molecule has 0 aliphatic heterocycles. The van der Waals surface area contributed by atoms with E-state index in [1.54, 1.807) is 12.1 Å². The second-order valence-electron chi connectivity index (χ2n) is 6.07. The largest absolute Gasteiger partial charge is 0.322 e. The summed E-state index contributed by atoms with van der Waals surface area (Å²) in [7, 11) is 0. The van der Waals surface area contributed by atoms with Gasteiger partial charge in [-0.05, 0) is 44.5 Å². The standard InChI is InChI=1S/C19H17N3O3S2/c1-11-4-6-15(12(2)8-11)21-18(23)14-5-7-17(16(9-14)22(24)25)27-19-20-13(3)10-26-19/h4-10H,1-3H3,(H,21,23). The molecule has 1 heterocycles. The highest BCUT2D eigenvalue weighted by Gasteiger charge is 2.20. The van der Waals surface area contributed by atoms with Crippen LogP contribution < -0.4 is 5.32 Å². The molecule has 27 heavy (non-hydrogen) atoms. The van der Waals surface area contributed by atoms with Gasteiger partial charge < -0.3 is 5.32 Å². The van der Waals surface area contributed by atoms with Gasteiger partial charge in [-0.25, -0.2) is 4.98 Å². The number of nitrogens with one attached hydrogen (secondary N) is 1. The Kier molecular flexibility index (Phi) is 5.57. The second-order valence-corrected chi connectivity index (χ2v) is 8.22. The molecule has 0 atom stereocenters. The summed E-state index contributed by atoms with van der Waals surface area (Å²) >= 11 is 2.66. The minimum Gasteiger partial charge on any atom is -0.322 e. The predicted octanol–water partition coefficient (Wildman–Crippen LogP) is 5.38. The summed E-state index contributed by atoms with van der Waals surface area (Å²) in [4.78, 5) is 28.3. The number of aryl methyl sites for hydroxylation is 3. The number of nitrogens with zero attached hydrogens (tertiary/aromatic N) is 2. The van der Waals surface area contributed by atoms with Crippen molar-refractivity contribution < 1.29 is 9.72 Å². The molecule has 2 aromatic carbocycles. The molecule has 138 valence electrons. The lowest BCUT2D eigenvalue weighted by atomic mass is 10.1. The predicted molar refractivity (Wildman–Crippen MR) is 108 cm³/mol. The van der Waals surface area contributed by atoms with Crippen LogP contribution in [-0.2, 0) is 0 Å². The Morgan fingerprint density at radius 1 is 1.19 bits per heavy atom. The second kappa shape index (κ2) is 7.89. The summed E-state index contributed by atoms with van der Waals surface area (Å²) in [6, 6.07) is 10.2. The maximum Gasteiger partial charge on any atom is 0.284 e. The quantitative estimate of drug-likeness (QED) is 0.460. The van der Waals surface area contributed by atoms with Crippen LogP contribution in [0.1, 0.15) is 27.2 Å². The Labute approximate surface area is 164 Å². The van der Waals surface area contributed by atoms with Crippen LogP contribution in [0.4, 0.5) is 11.4 Å². The third-order valence-corrected chi connectivity index (χ3v) is 5.96. The molecular formula is C19H17N3O3S2. The van der Waals surface area contributed by atoms with E-state index in [1.807, 2.05) is 44.4 Å². The maximum absolute atomic E-state index is 12.5. The molecule has 0 bridgehead atoms. The van der Waals surface area contributed by atoms with Crippen LogP contribution in [-0.4, -0.2) is 15.8 Å². The summed E-state index contributed by atoms with van der Waals surface area (Å²) in [6.45, 7) is 5.75. The van der Waals surface area contributed by atoms with E-state index in [9.17, 15) is 14.9 Å². The number of thiazole rings is 1. The van der Waals surface area contributed by atoms with Crippen LogP contribution in [0.5, 0.6) is 0 Å². The molecule has 1 N–H and O–H groups in total. The monoisotopic (exact) mass is 399 g/mol. The summed E-state index contributed by atoms with van der Waals surface area (Å²) in [5, 5.41) is 16.2. The Hall–Kier alpha value is -2.71. The molecule has 1 amide bonds. The van der Waals surface area contributed by atoms with Gasteiger partial charge in [0.05, 0.1) is 9.82 Å². The number of rotatable bonds is 5. The van der Waals surface area contributed by atoms with E-state index in [-0.39, 0.29) is 17.2 Å². The van der Waals surface area contributed by atoms with Crippen molar-refractivity contribution in [1.29, 1.82) is 0 Å². The zero-order valence-electron chi connectivity index (χ0n) is 15.0. The Morgan fingerprint density at radius 3 is 2.59 bits per heavy atom. The van der Waals surface area contributed by atoms with Crippen LogP contribution in [0.3, 0.4) is 0 Å². The molecule has 0 unspecified atom stereocenters. The fraction of sp³-hybridized carbons (Fsp3) is 0.158. The lowest BCUT2D eigenvalue weighted by molar-refractivity contribution is -0.387. The first-order valence-electron chi connectivity index (χ1n) is 8.10. The Morgan fingerprint density at radius 2 is 1.96 bits per heavy atom. The number of anilines is 1. The number of carbonyl (C=O) groups is 1. The zero-order chi connectivity index (χ0) is 19.6. The molecule has 0 aliphatic carbocycles. The van der Waals surface area contributed by atoms with Gasteiger partial charge in [-0.2, -0.15) is 0 Å². The van der Waals surface area contributed by atoms with Gasteiger partial charge in [-0.1, -0.05) is 29.5 Å². The average molecular weight is 399 g/mol. The molecule has 0 aliphatic rings. The normalized spacial score (nSPS) is 10.6. The zero-order valence-corrected chi connectivity index (χ0v) is 16.6. The highest BCUT2D eigenvalue weighted by molar-refractivity contribution is 8.01. The van der Waals surface area contributed by atoms with Crippen molar-refractivity contribution in [2.75, 3.05) is 5.32 Å². The summed E-state index contributed by atoms with van der Waals surface area (Å²) in [6.07, 6.45) is 0. The molecule has 3 aromatic rings. The highest BCUT2D eigenvalue weighted by atomic mass is 32.2. The van der Waals surface area contributed by atoms with Gasteiger partial charge >= 0.3 is 0 Å². The molecule has 0 fully saturated rings. The molecule has 8 heteroatoms. The third kappa shape index (κ3) is 4.53. The molecule has 1 aromatic heterocycles. The number of nitro groups is 1. The van der Waals surface area contributed by atoms with Crippen molar-refractivity contribution >= 4 is 40.4 Å². The summed E-state index contributed by atoms with van der Waals surface area (Å²) < 4.78 is 0.725. The highest BCUT2D eigenvalue weighted by Crippen LogP contribution is 2.37. The van der Waals surface area contributed by atoms with E-state index >= 15 is 0 Å². The van der Waals surface area contributed by atoms with Crippen molar-refractivity contribution in [3.63, 3.8) is 0 Å². The molecule has 6 nitrogen and oxygen atoms in total. The van der Waals surface area contributed by atoms with Crippen molar-refractivity contribution in [3.8, 4) is 0 Å². The van der Waals surface area contributed by atoms with Gasteiger partial charge in [-0.15, -0.1) is 11.3 Å². The first-order chi connectivity index (χ1) is 12.8. The van der Waals surface area contributed by atoms with Crippen LogP contribution in [0.25, 0.3) is 0 Å². The number of aromatic nitrogens is 1. The first kappa shape index (κ1) is 19.1. The number of hydrogen-bond acceptors (Lipinski definition) is 6. The number of amides is 1. The van der Waals surface area contributed by atoms with Crippen LogP contribution in [0.2, 0.25) is 0 Å². The smallest absolute Gasteiger partial charge is 0.284 e. The molecule has 0 radical (unpaired) electrons. The van der Waals surface area contributed by atoms with Crippen LogP contribution in [0, 0.1) is 30.9 Å². The van der Waals surface area contributed by atoms with Crippen molar-refractivity contribution in [1.82, 2.24) is 4.98 Å². The maximum atomic E-state index is 12.5. The Balaban J connectivity index is 1.86. The van der Waals surface area contributed by atoms with Gasteiger partial charge in [0.25, 0.3) is 11.6 Å². The minimum absolute atomic E-state index is 0.110. The molecule has 0 saturated heterocycles. The molecule has 0 saturated carbocycles. The van der Waals surface area contributed by atoms with Gasteiger partial charge in [0.2, 0.25) is 0 Å². The van der Waals surface area contributed by atoms with Crippen LogP contribution >= 0.6 is 23.1 Å². The third-order valence-electron chi connectivity index (χ3n) is 3.84. The van der Waals surface area contributed by atoms with E-state index < -0.39 is 4.92 Å². The van der Waals surface area contributed by atoms with E-state index in [2.05, 4.69) is 10.3 Å². The van der Waals surface area contributed by atoms with Crippen molar-refractivity contribution in [3.05, 3.63) is 74.3 Å². The first-order valence-corrected chi connectivity index (χ1v) is 9.80. The fourth-order valence-corrected chi connectivity index (χ4v) is 4.39. The number of nitro benzene ring substituents is 1. The molecule has 3 rings (SSSR count). The summed E-state index contributed by atoms with van der Waals surface area (Å²) in [5.74, 6) is -0.383. The van der Waals surface area contributed by atoms with E-state index in [4.69, 9.17) is 0 Å². The fourth-order valence-electron chi connectivity index (χ4n) is 2.51.